The van der Waals surface area contributed by atoms with Gasteiger partial charge >= 0.3 is 0 Å². The van der Waals surface area contributed by atoms with Crippen LogP contribution in [0.5, 0.6) is 0 Å². The zero-order chi connectivity index (χ0) is 15.5. The topological polar surface area (TPSA) is 42.3 Å². The standard InChI is InChI=1S/C15H19ClN2O2S/c1-3-9-18-12-15(10-14(18)11-16)21(19,20)17(2)13-7-5-4-6-8-13/h4-8,10,12H,3,9,11H2,1-2H3. The number of hydrogen-bond donors (Lipinski definition) is 0. The summed E-state index contributed by atoms with van der Waals surface area (Å²) in [5.41, 5.74) is 1.45. The SMILES string of the molecule is CCCn1cc(S(=O)(=O)N(C)c2ccccc2)cc1CCl. The van der Waals surface area contributed by atoms with Crippen LogP contribution in [0.4, 0.5) is 5.69 Å². The lowest BCUT2D eigenvalue weighted by Crippen LogP contribution is -2.26. The van der Waals surface area contributed by atoms with Gasteiger partial charge in [0.05, 0.1) is 11.6 Å². The van der Waals surface area contributed by atoms with Gasteiger partial charge in [-0.2, -0.15) is 0 Å². The Kier molecular flexibility index (Phi) is 4.96. The molecule has 0 N–H and O–H groups in total. The summed E-state index contributed by atoms with van der Waals surface area (Å²) < 4.78 is 28.6. The molecule has 0 amide bonds. The quantitative estimate of drug-likeness (QED) is 0.763. The lowest BCUT2D eigenvalue weighted by Gasteiger charge is -2.18. The summed E-state index contributed by atoms with van der Waals surface area (Å²) >= 11 is 5.90. The Labute approximate surface area is 131 Å². The van der Waals surface area contributed by atoms with Crippen LogP contribution in [0.2, 0.25) is 0 Å². The van der Waals surface area contributed by atoms with E-state index in [9.17, 15) is 8.42 Å². The van der Waals surface area contributed by atoms with Crippen molar-refractivity contribution in [2.75, 3.05) is 11.4 Å². The first-order chi connectivity index (χ1) is 10.0. The number of halogens is 1. The zero-order valence-corrected chi connectivity index (χ0v) is 13.7. The first-order valence-electron chi connectivity index (χ1n) is 6.79. The number of sulfonamides is 1. The van der Waals surface area contributed by atoms with E-state index in [0.29, 0.717) is 11.6 Å². The first-order valence-corrected chi connectivity index (χ1v) is 8.77. The minimum atomic E-state index is -3.57. The van der Waals surface area contributed by atoms with E-state index >= 15 is 0 Å². The minimum absolute atomic E-state index is 0.276. The molecule has 0 bridgehead atoms. The molecule has 0 fully saturated rings. The number of nitrogens with zero attached hydrogens (tertiary/aromatic N) is 2. The summed E-state index contributed by atoms with van der Waals surface area (Å²) in [6.45, 7) is 2.80. The van der Waals surface area contributed by atoms with E-state index < -0.39 is 10.0 Å². The van der Waals surface area contributed by atoms with Crippen molar-refractivity contribution in [3.8, 4) is 0 Å². The van der Waals surface area contributed by atoms with Crippen molar-refractivity contribution in [3.63, 3.8) is 0 Å². The van der Waals surface area contributed by atoms with E-state index in [-0.39, 0.29) is 4.90 Å². The van der Waals surface area contributed by atoms with Crippen molar-refractivity contribution >= 4 is 27.3 Å². The summed E-state index contributed by atoms with van der Waals surface area (Å²) in [5.74, 6) is 0.296. The molecule has 0 spiro atoms. The van der Waals surface area contributed by atoms with E-state index in [1.54, 1.807) is 31.4 Å². The lowest BCUT2D eigenvalue weighted by atomic mass is 10.3. The molecule has 1 aromatic heterocycles. The van der Waals surface area contributed by atoms with Gasteiger partial charge in [0.2, 0.25) is 0 Å². The van der Waals surface area contributed by atoms with Gasteiger partial charge in [0.15, 0.2) is 0 Å². The summed E-state index contributed by atoms with van der Waals surface area (Å²) in [7, 11) is -2.01. The number of para-hydroxylation sites is 1. The first kappa shape index (κ1) is 15.9. The zero-order valence-electron chi connectivity index (χ0n) is 12.2. The largest absolute Gasteiger partial charge is 0.349 e. The van der Waals surface area contributed by atoms with Gasteiger partial charge in [0, 0.05) is 25.5 Å². The van der Waals surface area contributed by atoms with Crippen molar-refractivity contribution in [2.24, 2.45) is 0 Å². The molecule has 0 aliphatic rings. The number of rotatable bonds is 6. The molecule has 0 saturated heterocycles. The van der Waals surface area contributed by atoms with E-state index in [1.165, 1.54) is 4.31 Å². The monoisotopic (exact) mass is 326 g/mol. The number of alkyl halides is 1. The molecule has 0 radical (unpaired) electrons. The summed E-state index contributed by atoms with van der Waals surface area (Å²) in [6.07, 6.45) is 2.59. The maximum absolute atomic E-state index is 12.7. The summed E-state index contributed by atoms with van der Waals surface area (Å²) in [4.78, 5) is 0.276. The molecular weight excluding hydrogens is 308 g/mol. The van der Waals surface area contributed by atoms with E-state index in [0.717, 1.165) is 18.7 Å². The van der Waals surface area contributed by atoms with Gasteiger partial charge in [-0.25, -0.2) is 8.42 Å². The van der Waals surface area contributed by atoms with Crippen LogP contribution in [0.1, 0.15) is 19.0 Å². The van der Waals surface area contributed by atoms with E-state index in [2.05, 4.69) is 0 Å². The average Bonchev–Trinajstić information content (AvgIpc) is 2.91. The van der Waals surface area contributed by atoms with Gasteiger partial charge in [0.1, 0.15) is 4.90 Å². The molecule has 0 aliphatic carbocycles. The van der Waals surface area contributed by atoms with Gasteiger partial charge in [-0.05, 0) is 24.6 Å². The Bertz CT molecular complexity index is 696. The molecule has 6 heteroatoms. The minimum Gasteiger partial charge on any atom is -0.349 e. The van der Waals surface area contributed by atoms with Crippen molar-refractivity contribution < 1.29 is 8.42 Å². The van der Waals surface area contributed by atoms with Crippen LogP contribution in [-0.2, 0) is 22.4 Å². The Morgan fingerprint density at radius 2 is 1.90 bits per heavy atom. The second-order valence-corrected chi connectivity index (χ2v) is 7.04. The molecule has 2 aromatic rings. The second-order valence-electron chi connectivity index (χ2n) is 4.80. The van der Waals surface area contributed by atoms with Gasteiger partial charge in [0.25, 0.3) is 10.0 Å². The molecule has 1 aromatic carbocycles. The molecule has 0 aliphatic heterocycles. The fraction of sp³-hybridized carbons (Fsp3) is 0.333. The van der Waals surface area contributed by atoms with Crippen molar-refractivity contribution in [1.29, 1.82) is 0 Å². The predicted molar refractivity (Wildman–Crippen MR) is 86.3 cm³/mol. The number of anilines is 1. The average molecular weight is 327 g/mol. The van der Waals surface area contributed by atoms with Gasteiger partial charge in [-0.3, -0.25) is 4.31 Å². The van der Waals surface area contributed by atoms with Gasteiger partial charge < -0.3 is 4.57 Å². The fourth-order valence-electron chi connectivity index (χ4n) is 2.16. The number of hydrogen-bond acceptors (Lipinski definition) is 2. The van der Waals surface area contributed by atoms with Crippen LogP contribution in [0.15, 0.2) is 47.5 Å². The lowest BCUT2D eigenvalue weighted by molar-refractivity contribution is 0.593. The van der Waals surface area contributed by atoms with Crippen LogP contribution in [0.25, 0.3) is 0 Å². The molecule has 2 rings (SSSR count). The Morgan fingerprint density at radius 3 is 2.48 bits per heavy atom. The second kappa shape index (κ2) is 6.54. The van der Waals surface area contributed by atoms with Crippen molar-refractivity contribution in [1.82, 2.24) is 4.57 Å². The maximum atomic E-state index is 12.7. The molecule has 0 saturated carbocycles. The maximum Gasteiger partial charge on any atom is 0.265 e. The summed E-state index contributed by atoms with van der Waals surface area (Å²) in [5, 5.41) is 0. The Balaban J connectivity index is 2.40. The van der Waals surface area contributed by atoms with Gasteiger partial charge in [-0.1, -0.05) is 25.1 Å². The summed E-state index contributed by atoms with van der Waals surface area (Å²) in [6, 6.07) is 10.7. The Morgan fingerprint density at radius 1 is 1.24 bits per heavy atom. The third-order valence-corrected chi connectivity index (χ3v) is 5.37. The van der Waals surface area contributed by atoms with Crippen LogP contribution >= 0.6 is 11.6 Å². The fourth-order valence-corrected chi connectivity index (χ4v) is 3.65. The number of aryl methyl sites for hydroxylation is 1. The van der Waals surface area contributed by atoms with E-state index in [4.69, 9.17) is 11.6 Å². The third kappa shape index (κ3) is 3.24. The molecule has 1 heterocycles. The predicted octanol–water partition coefficient (Wildman–Crippen LogP) is 3.46. The van der Waals surface area contributed by atoms with Crippen LogP contribution in [-0.4, -0.2) is 20.0 Å². The Hall–Kier alpha value is -1.46. The normalized spacial score (nSPS) is 11.6. The highest BCUT2D eigenvalue weighted by atomic mass is 35.5. The van der Waals surface area contributed by atoms with Crippen LogP contribution < -0.4 is 4.31 Å². The molecule has 0 unspecified atom stereocenters. The molecule has 0 atom stereocenters. The highest BCUT2D eigenvalue weighted by Crippen LogP contribution is 2.24. The van der Waals surface area contributed by atoms with Crippen LogP contribution in [0.3, 0.4) is 0 Å². The molecule has 21 heavy (non-hydrogen) atoms. The van der Waals surface area contributed by atoms with Crippen molar-refractivity contribution in [2.45, 2.75) is 30.7 Å². The number of aromatic nitrogens is 1. The smallest absolute Gasteiger partial charge is 0.265 e. The van der Waals surface area contributed by atoms with Crippen LogP contribution in [0, 0.1) is 0 Å². The van der Waals surface area contributed by atoms with Gasteiger partial charge in [-0.15, -0.1) is 11.6 Å². The molecule has 4 nitrogen and oxygen atoms in total. The molecular formula is C15H19ClN2O2S. The highest BCUT2D eigenvalue weighted by molar-refractivity contribution is 7.92. The third-order valence-electron chi connectivity index (χ3n) is 3.34. The molecule has 114 valence electrons. The highest BCUT2D eigenvalue weighted by Gasteiger charge is 2.23. The number of benzene rings is 1. The van der Waals surface area contributed by atoms with E-state index in [1.807, 2.05) is 29.7 Å². The van der Waals surface area contributed by atoms with Crippen molar-refractivity contribution in [3.05, 3.63) is 48.3 Å².